The summed E-state index contributed by atoms with van der Waals surface area (Å²) >= 11 is 1.26. The zero-order chi connectivity index (χ0) is 16.5. The average molecular weight is 327 g/mol. The second-order valence-electron chi connectivity index (χ2n) is 4.47. The molecule has 1 aromatic rings. The van der Waals surface area contributed by atoms with Crippen LogP contribution in [0.1, 0.15) is 22.8 Å². The Labute approximate surface area is 133 Å². The molecule has 0 aliphatic heterocycles. The van der Waals surface area contributed by atoms with Crippen molar-refractivity contribution in [3.8, 4) is 0 Å². The van der Waals surface area contributed by atoms with Gasteiger partial charge in [0.1, 0.15) is 17.7 Å². The number of aromatic nitrogens is 1. The molecule has 2 unspecified atom stereocenters. The molecule has 1 rings (SSSR count). The van der Waals surface area contributed by atoms with Gasteiger partial charge in [-0.15, -0.1) is 17.9 Å². The summed E-state index contributed by atoms with van der Waals surface area (Å²) in [5.41, 5.74) is 6.41. The minimum Gasteiger partial charge on any atom is -0.445 e. The van der Waals surface area contributed by atoms with Crippen molar-refractivity contribution in [1.82, 2.24) is 9.88 Å². The van der Waals surface area contributed by atoms with E-state index < -0.39 is 24.8 Å². The molecule has 2 atom stereocenters. The summed E-state index contributed by atoms with van der Waals surface area (Å²) in [4.78, 5) is 17.5. The standard InChI is InChI=1S/C14H21N3O4S/c1-3-5-17(14(20)21-6-4-2)7-10(15)13-16-11(9-22-13)12(19)8-18/h3-4,9-10,12,18-19H,1-2,5-8,15H2. The van der Waals surface area contributed by atoms with Crippen LogP contribution in [0.3, 0.4) is 0 Å². The fraction of sp³-hybridized carbons (Fsp3) is 0.429. The monoisotopic (exact) mass is 327 g/mol. The van der Waals surface area contributed by atoms with Crippen molar-refractivity contribution in [3.63, 3.8) is 0 Å². The lowest BCUT2D eigenvalue weighted by molar-refractivity contribution is 0.0925. The summed E-state index contributed by atoms with van der Waals surface area (Å²) in [6.07, 6.45) is 1.51. The van der Waals surface area contributed by atoms with Gasteiger partial charge in [-0.2, -0.15) is 0 Å². The number of thiazole rings is 1. The Balaban J connectivity index is 2.71. The second kappa shape index (κ2) is 9.31. The van der Waals surface area contributed by atoms with Gasteiger partial charge < -0.3 is 25.6 Å². The van der Waals surface area contributed by atoms with Crippen LogP contribution in [0.25, 0.3) is 0 Å². The van der Waals surface area contributed by atoms with E-state index in [9.17, 15) is 9.90 Å². The molecule has 1 amide bonds. The topological polar surface area (TPSA) is 109 Å². The first-order chi connectivity index (χ1) is 10.5. The van der Waals surface area contributed by atoms with Gasteiger partial charge in [0.05, 0.1) is 18.3 Å². The van der Waals surface area contributed by atoms with E-state index in [4.69, 9.17) is 15.6 Å². The quantitative estimate of drug-likeness (QED) is 0.583. The molecule has 0 saturated heterocycles. The Morgan fingerprint density at radius 2 is 2.27 bits per heavy atom. The molecule has 4 N–H and O–H groups in total. The Morgan fingerprint density at radius 3 is 2.86 bits per heavy atom. The van der Waals surface area contributed by atoms with Crippen LogP contribution in [-0.4, -0.2) is 52.5 Å². The first-order valence-corrected chi connectivity index (χ1v) is 7.54. The first kappa shape index (κ1) is 18.3. The van der Waals surface area contributed by atoms with Gasteiger partial charge in [-0.3, -0.25) is 0 Å². The first-order valence-electron chi connectivity index (χ1n) is 6.66. The van der Waals surface area contributed by atoms with Gasteiger partial charge in [0.15, 0.2) is 0 Å². The third-order valence-electron chi connectivity index (χ3n) is 2.72. The molecular weight excluding hydrogens is 306 g/mol. The van der Waals surface area contributed by atoms with Crippen molar-refractivity contribution in [3.05, 3.63) is 41.4 Å². The zero-order valence-corrected chi connectivity index (χ0v) is 13.0. The van der Waals surface area contributed by atoms with E-state index in [1.165, 1.54) is 22.3 Å². The molecule has 1 heterocycles. The highest BCUT2D eigenvalue weighted by molar-refractivity contribution is 7.09. The van der Waals surface area contributed by atoms with Crippen molar-refractivity contribution in [2.24, 2.45) is 5.73 Å². The third-order valence-corrected chi connectivity index (χ3v) is 3.72. The molecule has 0 aliphatic carbocycles. The summed E-state index contributed by atoms with van der Waals surface area (Å²) in [6, 6.07) is -0.527. The molecular formula is C14H21N3O4S. The van der Waals surface area contributed by atoms with Gasteiger partial charge in [-0.1, -0.05) is 18.7 Å². The summed E-state index contributed by atoms with van der Waals surface area (Å²) in [6.45, 7) is 7.28. The van der Waals surface area contributed by atoms with Crippen LogP contribution in [0, 0.1) is 0 Å². The average Bonchev–Trinajstić information content (AvgIpc) is 3.01. The molecule has 0 fully saturated rings. The number of hydrogen-bond donors (Lipinski definition) is 3. The van der Waals surface area contributed by atoms with Crippen LogP contribution in [0.15, 0.2) is 30.7 Å². The highest BCUT2D eigenvalue weighted by Gasteiger charge is 2.21. The van der Waals surface area contributed by atoms with Crippen LogP contribution in [0.2, 0.25) is 0 Å². The maximum Gasteiger partial charge on any atom is 0.410 e. The number of rotatable bonds is 9. The minimum absolute atomic E-state index is 0.117. The Hall–Kier alpha value is -1.74. The molecule has 0 aromatic carbocycles. The van der Waals surface area contributed by atoms with Gasteiger partial charge in [-0.25, -0.2) is 9.78 Å². The van der Waals surface area contributed by atoms with Crippen molar-refractivity contribution in [1.29, 1.82) is 0 Å². The number of nitrogens with two attached hydrogens (primary N) is 1. The Morgan fingerprint density at radius 1 is 1.55 bits per heavy atom. The lowest BCUT2D eigenvalue weighted by Gasteiger charge is -2.22. The van der Waals surface area contributed by atoms with E-state index in [1.54, 1.807) is 11.5 Å². The van der Waals surface area contributed by atoms with Gasteiger partial charge in [0.2, 0.25) is 0 Å². The van der Waals surface area contributed by atoms with Crippen LogP contribution in [-0.2, 0) is 4.74 Å². The number of carbonyl (C=O) groups excluding carboxylic acids is 1. The molecule has 0 radical (unpaired) electrons. The fourth-order valence-electron chi connectivity index (χ4n) is 1.63. The largest absolute Gasteiger partial charge is 0.445 e. The van der Waals surface area contributed by atoms with Gasteiger partial charge in [0.25, 0.3) is 0 Å². The molecule has 122 valence electrons. The highest BCUT2D eigenvalue weighted by Crippen LogP contribution is 2.21. The SMILES string of the molecule is C=CCOC(=O)N(CC=C)CC(N)c1nc(C(O)CO)cs1. The second-order valence-corrected chi connectivity index (χ2v) is 5.36. The maximum atomic E-state index is 11.9. The normalized spacial score (nSPS) is 13.2. The Bertz CT molecular complexity index is 506. The van der Waals surface area contributed by atoms with Crippen molar-refractivity contribution >= 4 is 17.4 Å². The highest BCUT2D eigenvalue weighted by atomic mass is 32.1. The molecule has 1 aromatic heterocycles. The van der Waals surface area contributed by atoms with E-state index in [2.05, 4.69) is 18.1 Å². The number of aliphatic hydroxyl groups is 2. The number of ether oxygens (including phenoxy) is 1. The third kappa shape index (κ3) is 5.23. The summed E-state index contributed by atoms with van der Waals surface area (Å²) in [5.74, 6) is 0. The van der Waals surface area contributed by atoms with E-state index in [0.29, 0.717) is 17.2 Å². The van der Waals surface area contributed by atoms with Crippen molar-refractivity contribution < 1.29 is 19.7 Å². The molecule has 0 aliphatic rings. The van der Waals surface area contributed by atoms with Crippen molar-refractivity contribution in [2.45, 2.75) is 12.1 Å². The molecule has 22 heavy (non-hydrogen) atoms. The van der Waals surface area contributed by atoms with E-state index in [-0.39, 0.29) is 13.2 Å². The smallest absolute Gasteiger partial charge is 0.410 e. The summed E-state index contributed by atoms with van der Waals surface area (Å²) in [5, 5.41) is 20.6. The molecule has 0 spiro atoms. The van der Waals surface area contributed by atoms with Crippen LogP contribution in [0.4, 0.5) is 4.79 Å². The number of hydrogen-bond acceptors (Lipinski definition) is 7. The minimum atomic E-state index is -1.03. The van der Waals surface area contributed by atoms with E-state index in [1.807, 2.05) is 0 Å². The van der Waals surface area contributed by atoms with Crippen LogP contribution < -0.4 is 5.73 Å². The van der Waals surface area contributed by atoms with Crippen LogP contribution in [0.5, 0.6) is 0 Å². The maximum absolute atomic E-state index is 11.9. The number of nitrogens with zero attached hydrogens (tertiary/aromatic N) is 2. The lowest BCUT2D eigenvalue weighted by atomic mass is 10.3. The van der Waals surface area contributed by atoms with Gasteiger partial charge in [-0.05, 0) is 0 Å². The van der Waals surface area contributed by atoms with Gasteiger partial charge in [0, 0.05) is 18.5 Å². The van der Waals surface area contributed by atoms with Crippen LogP contribution >= 0.6 is 11.3 Å². The molecule has 7 nitrogen and oxygen atoms in total. The summed E-state index contributed by atoms with van der Waals surface area (Å²) in [7, 11) is 0. The Kier molecular flexibility index (Phi) is 7.75. The molecule has 0 saturated carbocycles. The summed E-state index contributed by atoms with van der Waals surface area (Å²) < 4.78 is 4.98. The lowest BCUT2D eigenvalue weighted by Crippen LogP contribution is -2.37. The number of aliphatic hydroxyl groups excluding tert-OH is 2. The van der Waals surface area contributed by atoms with Gasteiger partial charge >= 0.3 is 6.09 Å². The van der Waals surface area contributed by atoms with E-state index >= 15 is 0 Å². The molecule has 8 heteroatoms. The number of carbonyl (C=O) groups is 1. The molecule has 0 bridgehead atoms. The zero-order valence-electron chi connectivity index (χ0n) is 12.2. The fourth-order valence-corrected chi connectivity index (χ4v) is 2.49. The predicted octanol–water partition coefficient (Wildman–Crippen LogP) is 0.979. The number of amides is 1. The van der Waals surface area contributed by atoms with E-state index in [0.717, 1.165) is 0 Å². The predicted molar refractivity (Wildman–Crippen MR) is 84.4 cm³/mol. The van der Waals surface area contributed by atoms with Crippen molar-refractivity contribution in [2.75, 3.05) is 26.3 Å².